The SMILES string of the molecule is O=c1oc2ccccc2c2c1=C(c1ccc([N+](=O)[O-])cc1)Sc1ccccc1N=2. The highest BCUT2D eigenvalue weighted by atomic mass is 32.2. The third-order valence-electron chi connectivity index (χ3n) is 4.66. The largest absolute Gasteiger partial charge is 0.422 e. The van der Waals surface area contributed by atoms with E-state index in [0.717, 1.165) is 16.0 Å². The van der Waals surface area contributed by atoms with Crippen LogP contribution < -0.4 is 16.2 Å². The van der Waals surface area contributed by atoms with E-state index >= 15 is 0 Å². The van der Waals surface area contributed by atoms with Gasteiger partial charge in [0.25, 0.3) is 5.69 Å². The maximum absolute atomic E-state index is 13.0. The van der Waals surface area contributed by atoms with Crippen molar-refractivity contribution in [1.29, 1.82) is 0 Å². The lowest BCUT2D eigenvalue weighted by Crippen LogP contribution is -2.40. The Morgan fingerprint density at radius 2 is 1.66 bits per heavy atom. The predicted octanol–water partition coefficient (Wildman–Crippen LogP) is 3.91. The van der Waals surface area contributed by atoms with E-state index in [-0.39, 0.29) is 5.69 Å². The fourth-order valence-corrected chi connectivity index (χ4v) is 4.43. The van der Waals surface area contributed by atoms with Crippen LogP contribution in [0.15, 0.2) is 91.9 Å². The zero-order valence-corrected chi connectivity index (χ0v) is 15.7. The highest BCUT2D eigenvalue weighted by Gasteiger charge is 2.18. The quantitative estimate of drug-likeness (QED) is 0.289. The average molecular weight is 400 g/mol. The molecule has 29 heavy (non-hydrogen) atoms. The molecule has 0 amide bonds. The van der Waals surface area contributed by atoms with Crippen LogP contribution >= 0.6 is 11.8 Å². The Hall–Kier alpha value is -3.71. The molecule has 0 bridgehead atoms. The zero-order chi connectivity index (χ0) is 20.0. The number of nitro benzene ring substituents is 1. The van der Waals surface area contributed by atoms with Crippen LogP contribution in [0.1, 0.15) is 5.56 Å². The van der Waals surface area contributed by atoms with Crippen molar-refractivity contribution in [3.8, 4) is 0 Å². The summed E-state index contributed by atoms with van der Waals surface area (Å²) in [4.78, 5) is 29.9. The van der Waals surface area contributed by atoms with Crippen molar-refractivity contribution in [3.05, 3.63) is 109 Å². The topological polar surface area (TPSA) is 85.7 Å². The first-order valence-electron chi connectivity index (χ1n) is 8.78. The second-order valence-electron chi connectivity index (χ2n) is 6.42. The smallest absolute Gasteiger partial charge is 0.346 e. The molecule has 5 rings (SSSR count). The van der Waals surface area contributed by atoms with Crippen molar-refractivity contribution in [2.75, 3.05) is 0 Å². The molecule has 0 unspecified atom stereocenters. The number of fused-ring (bicyclic) bond motifs is 4. The molecule has 7 heteroatoms. The Morgan fingerprint density at radius 1 is 0.931 bits per heavy atom. The number of rotatable bonds is 2. The molecular weight excluding hydrogens is 388 g/mol. The molecule has 4 aromatic rings. The zero-order valence-electron chi connectivity index (χ0n) is 14.9. The van der Waals surface area contributed by atoms with Crippen LogP contribution in [0, 0.1) is 10.1 Å². The van der Waals surface area contributed by atoms with E-state index in [1.54, 1.807) is 24.3 Å². The van der Waals surface area contributed by atoms with Crippen molar-refractivity contribution in [3.63, 3.8) is 0 Å². The van der Waals surface area contributed by atoms with E-state index in [4.69, 9.17) is 9.41 Å². The van der Waals surface area contributed by atoms with Crippen LogP contribution in [0.25, 0.3) is 15.9 Å². The van der Waals surface area contributed by atoms with Crippen molar-refractivity contribution >= 4 is 39.0 Å². The van der Waals surface area contributed by atoms with Crippen molar-refractivity contribution in [1.82, 2.24) is 0 Å². The highest BCUT2D eigenvalue weighted by molar-refractivity contribution is 8.08. The monoisotopic (exact) mass is 400 g/mol. The van der Waals surface area contributed by atoms with Gasteiger partial charge in [-0.25, -0.2) is 9.79 Å². The summed E-state index contributed by atoms with van der Waals surface area (Å²) < 4.78 is 5.57. The van der Waals surface area contributed by atoms with Crippen LogP contribution in [0.2, 0.25) is 0 Å². The van der Waals surface area contributed by atoms with E-state index in [0.29, 0.717) is 26.6 Å². The number of thioether (sulfide) groups is 1. The van der Waals surface area contributed by atoms with E-state index in [2.05, 4.69) is 0 Å². The summed E-state index contributed by atoms with van der Waals surface area (Å²) >= 11 is 1.40. The molecule has 2 heterocycles. The van der Waals surface area contributed by atoms with Crippen molar-refractivity contribution in [2.45, 2.75) is 4.90 Å². The number of non-ortho nitro benzene ring substituents is 1. The van der Waals surface area contributed by atoms with Gasteiger partial charge in [-0.15, -0.1) is 0 Å². The summed E-state index contributed by atoms with van der Waals surface area (Å²) in [5, 5.41) is 12.7. The lowest BCUT2D eigenvalue weighted by Gasteiger charge is -2.07. The molecule has 0 saturated carbocycles. The van der Waals surface area contributed by atoms with E-state index in [1.165, 1.54) is 23.9 Å². The van der Waals surface area contributed by atoms with E-state index < -0.39 is 10.5 Å². The number of nitrogens with zero attached hydrogens (tertiary/aromatic N) is 2. The summed E-state index contributed by atoms with van der Waals surface area (Å²) in [5.74, 6) is 0. The number of hydrogen-bond donors (Lipinski definition) is 0. The molecule has 0 fully saturated rings. The summed E-state index contributed by atoms with van der Waals surface area (Å²) in [7, 11) is 0. The molecular formula is C22H12N2O4S. The molecule has 0 radical (unpaired) electrons. The highest BCUT2D eigenvalue weighted by Crippen LogP contribution is 2.38. The van der Waals surface area contributed by atoms with Gasteiger partial charge in [-0.3, -0.25) is 10.1 Å². The maximum Gasteiger partial charge on any atom is 0.346 e. The Labute approximate surface area is 168 Å². The van der Waals surface area contributed by atoms with Gasteiger partial charge < -0.3 is 4.42 Å². The molecule has 1 aromatic heterocycles. The Bertz CT molecular complexity index is 1470. The second kappa shape index (κ2) is 6.72. The lowest BCUT2D eigenvalue weighted by atomic mass is 10.1. The molecule has 1 aliphatic heterocycles. The molecule has 3 aromatic carbocycles. The molecule has 0 atom stereocenters. The first kappa shape index (κ1) is 17.4. The van der Waals surface area contributed by atoms with Crippen LogP contribution in [-0.2, 0) is 0 Å². The Morgan fingerprint density at radius 3 is 2.45 bits per heavy atom. The molecule has 1 aliphatic rings. The van der Waals surface area contributed by atoms with E-state index in [9.17, 15) is 14.9 Å². The van der Waals surface area contributed by atoms with Crippen LogP contribution in [-0.4, -0.2) is 4.92 Å². The fraction of sp³-hybridized carbons (Fsp3) is 0. The van der Waals surface area contributed by atoms with Gasteiger partial charge >= 0.3 is 5.63 Å². The van der Waals surface area contributed by atoms with Gasteiger partial charge in [0.05, 0.1) is 16.0 Å². The van der Waals surface area contributed by atoms with Crippen LogP contribution in [0.5, 0.6) is 0 Å². The standard InChI is InChI=1S/C22H12N2O4S/c25-22-19-20(15-5-1-3-7-17(15)28-22)23-16-6-2-4-8-18(16)29-21(19)13-9-11-14(12-10-13)24(26)27/h1-12H. The molecule has 0 saturated heterocycles. The molecule has 0 N–H and O–H groups in total. The molecule has 0 spiro atoms. The lowest BCUT2D eigenvalue weighted by molar-refractivity contribution is -0.384. The maximum atomic E-state index is 13.0. The number of nitro groups is 1. The van der Waals surface area contributed by atoms with Crippen LogP contribution in [0.3, 0.4) is 0 Å². The number of benzene rings is 3. The summed E-state index contributed by atoms with van der Waals surface area (Å²) in [6.45, 7) is 0. The first-order valence-corrected chi connectivity index (χ1v) is 9.60. The molecule has 6 nitrogen and oxygen atoms in total. The summed E-state index contributed by atoms with van der Waals surface area (Å²) in [5.41, 5.74) is 1.41. The number of para-hydroxylation sites is 2. The predicted molar refractivity (Wildman–Crippen MR) is 111 cm³/mol. The second-order valence-corrected chi connectivity index (χ2v) is 7.48. The Kier molecular flexibility index (Phi) is 4.03. The molecule has 0 aliphatic carbocycles. The van der Waals surface area contributed by atoms with Gasteiger partial charge in [0.15, 0.2) is 0 Å². The van der Waals surface area contributed by atoms with Gasteiger partial charge in [0.2, 0.25) is 0 Å². The minimum absolute atomic E-state index is 0.0103. The van der Waals surface area contributed by atoms with Gasteiger partial charge in [0.1, 0.15) is 10.8 Å². The number of hydrogen-bond acceptors (Lipinski definition) is 6. The van der Waals surface area contributed by atoms with Gasteiger partial charge in [0, 0.05) is 27.3 Å². The first-order chi connectivity index (χ1) is 14.1. The summed E-state index contributed by atoms with van der Waals surface area (Å²) in [6, 6.07) is 21.1. The Balaban J connectivity index is 1.94. The average Bonchev–Trinajstić information content (AvgIpc) is 2.91. The minimum atomic E-state index is -0.490. The molecule has 140 valence electrons. The normalized spacial score (nSPS) is 12.6. The summed E-state index contributed by atoms with van der Waals surface area (Å²) in [6.07, 6.45) is 0. The van der Waals surface area contributed by atoms with Gasteiger partial charge in [-0.2, -0.15) is 0 Å². The van der Waals surface area contributed by atoms with E-state index in [1.807, 2.05) is 36.4 Å². The van der Waals surface area contributed by atoms with Gasteiger partial charge in [-0.1, -0.05) is 36.0 Å². The van der Waals surface area contributed by atoms with Crippen molar-refractivity contribution in [2.24, 2.45) is 4.99 Å². The minimum Gasteiger partial charge on any atom is -0.422 e. The van der Waals surface area contributed by atoms with Crippen molar-refractivity contribution < 1.29 is 9.34 Å². The third-order valence-corrected chi connectivity index (χ3v) is 5.87. The van der Waals surface area contributed by atoms with Gasteiger partial charge in [-0.05, 0) is 42.0 Å². The fourth-order valence-electron chi connectivity index (χ4n) is 3.30. The third kappa shape index (κ3) is 2.92. The van der Waals surface area contributed by atoms with Crippen LogP contribution in [0.4, 0.5) is 11.4 Å².